The highest BCUT2D eigenvalue weighted by atomic mass is 35.5. The van der Waals surface area contributed by atoms with Crippen LogP contribution < -0.4 is 19.8 Å². The number of nitro benzene ring substituents is 1. The van der Waals surface area contributed by atoms with Crippen LogP contribution in [0.4, 0.5) is 11.4 Å². The van der Waals surface area contributed by atoms with E-state index in [0.717, 1.165) is 11.3 Å². The maximum absolute atomic E-state index is 13.8. The van der Waals surface area contributed by atoms with Crippen molar-refractivity contribution < 1.29 is 14.5 Å². The average molecular weight is 527 g/mol. The van der Waals surface area contributed by atoms with E-state index in [1.54, 1.807) is 50.3 Å². The molecule has 2 aromatic carbocycles. The molecular weight excluding hydrogens is 504 g/mol. The second kappa shape index (κ2) is 10.1. The summed E-state index contributed by atoms with van der Waals surface area (Å²) in [5, 5.41) is 11.8. The predicted octanol–water partition coefficient (Wildman–Crippen LogP) is 3.43. The number of ether oxygens (including phenoxy) is 1. The van der Waals surface area contributed by atoms with Crippen LogP contribution in [0.5, 0.6) is 0 Å². The molecule has 1 aliphatic heterocycles. The average Bonchev–Trinajstić information content (AvgIpc) is 3.12. The summed E-state index contributed by atoms with van der Waals surface area (Å²) in [6.07, 6.45) is 1.61. The molecule has 11 heteroatoms. The molecule has 0 saturated carbocycles. The molecule has 0 amide bonds. The SMILES string of the molecule is CCOC(=O)C1=C(C)N=c2s/c(=C\c3cc([N+](=O)[O-])ccc3N(C)C)c(=O)n2[C@H]1c1ccccc1Cl. The van der Waals surface area contributed by atoms with E-state index in [4.69, 9.17) is 16.3 Å². The standard InChI is InChI=1S/C25H23ClN4O5S/c1-5-35-24(32)21-14(2)27-25-29(22(21)17-8-6-7-9-18(17)26)23(31)20(36-25)13-15-12-16(30(33)34)10-11-19(15)28(3)4/h6-13,22H,5H2,1-4H3/b20-13-/t22-/m0/s1. The molecule has 0 N–H and O–H groups in total. The largest absolute Gasteiger partial charge is 0.463 e. The monoisotopic (exact) mass is 526 g/mol. The van der Waals surface area contributed by atoms with Gasteiger partial charge in [0.25, 0.3) is 11.2 Å². The highest BCUT2D eigenvalue weighted by molar-refractivity contribution is 7.07. The van der Waals surface area contributed by atoms with Crippen molar-refractivity contribution in [3.05, 3.63) is 99.7 Å². The first-order chi connectivity index (χ1) is 17.1. The Morgan fingerprint density at radius 3 is 2.67 bits per heavy atom. The normalized spacial score (nSPS) is 15.4. The number of hydrogen-bond donors (Lipinski definition) is 0. The summed E-state index contributed by atoms with van der Waals surface area (Å²) in [6, 6.07) is 10.6. The van der Waals surface area contributed by atoms with Crippen LogP contribution in [-0.4, -0.2) is 36.2 Å². The summed E-state index contributed by atoms with van der Waals surface area (Å²) in [5.41, 5.74) is 1.95. The smallest absolute Gasteiger partial charge is 0.338 e. The summed E-state index contributed by atoms with van der Waals surface area (Å²) < 4.78 is 7.04. The highest BCUT2D eigenvalue weighted by Crippen LogP contribution is 2.34. The molecule has 0 radical (unpaired) electrons. The number of carbonyl (C=O) groups excluding carboxylic acids is 1. The van der Waals surface area contributed by atoms with E-state index in [1.807, 2.05) is 19.0 Å². The van der Waals surface area contributed by atoms with Gasteiger partial charge < -0.3 is 9.64 Å². The van der Waals surface area contributed by atoms with E-state index in [2.05, 4.69) is 4.99 Å². The quantitative estimate of drug-likeness (QED) is 0.277. The Bertz CT molecular complexity index is 1590. The second-order valence-corrected chi connectivity index (χ2v) is 9.63. The first-order valence-corrected chi connectivity index (χ1v) is 12.2. The van der Waals surface area contributed by atoms with E-state index >= 15 is 0 Å². The molecule has 0 saturated heterocycles. The Kier molecular flexibility index (Phi) is 7.09. The lowest BCUT2D eigenvalue weighted by atomic mass is 9.96. The predicted molar refractivity (Wildman–Crippen MR) is 139 cm³/mol. The number of halogens is 1. The van der Waals surface area contributed by atoms with Crippen LogP contribution in [0.1, 0.15) is 31.0 Å². The van der Waals surface area contributed by atoms with E-state index in [9.17, 15) is 19.7 Å². The van der Waals surface area contributed by atoms with E-state index < -0.39 is 22.5 Å². The third-order valence-corrected chi connectivity index (χ3v) is 7.03. The summed E-state index contributed by atoms with van der Waals surface area (Å²) in [6.45, 7) is 3.56. The van der Waals surface area contributed by atoms with Crippen molar-refractivity contribution in [1.82, 2.24) is 4.57 Å². The van der Waals surface area contributed by atoms with Crippen molar-refractivity contribution in [2.75, 3.05) is 25.6 Å². The maximum atomic E-state index is 13.8. The van der Waals surface area contributed by atoms with Crippen molar-refractivity contribution in [3.63, 3.8) is 0 Å². The Morgan fingerprint density at radius 1 is 1.31 bits per heavy atom. The topological polar surface area (TPSA) is 107 Å². The second-order valence-electron chi connectivity index (χ2n) is 8.22. The van der Waals surface area contributed by atoms with Gasteiger partial charge >= 0.3 is 5.97 Å². The fraction of sp³-hybridized carbons (Fsp3) is 0.240. The van der Waals surface area contributed by atoms with Gasteiger partial charge in [0.2, 0.25) is 0 Å². The van der Waals surface area contributed by atoms with Gasteiger partial charge in [-0.25, -0.2) is 9.79 Å². The van der Waals surface area contributed by atoms with Crippen LogP contribution in [-0.2, 0) is 9.53 Å². The molecule has 2 heterocycles. The molecule has 0 aliphatic carbocycles. The number of allylic oxidation sites excluding steroid dienone is 1. The number of thiazole rings is 1. The Hall–Kier alpha value is -3.76. The van der Waals surface area contributed by atoms with Crippen LogP contribution in [0.2, 0.25) is 5.02 Å². The zero-order valence-corrected chi connectivity index (χ0v) is 21.6. The third kappa shape index (κ3) is 4.57. The Balaban J connectivity index is 2.01. The lowest BCUT2D eigenvalue weighted by Gasteiger charge is -2.25. The van der Waals surface area contributed by atoms with Gasteiger partial charge in [0.05, 0.1) is 27.3 Å². The molecule has 0 bridgehead atoms. The van der Waals surface area contributed by atoms with Crippen molar-refractivity contribution in [2.45, 2.75) is 19.9 Å². The van der Waals surface area contributed by atoms with Crippen LogP contribution in [0, 0.1) is 10.1 Å². The number of nitro groups is 1. The zero-order valence-electron chi connectivity index (χ0n) is 20.0. The molecule has 186 valence electrons. The molecule has 1 aromatic heterocycles. The molecule has 1 aliphatic rings. The fourth-order valence-electron chi connectivity index (χ4n) is 4.10. The van der Waals surface area contributed by atoms with Crippen molar-refractivity contribution in [3.8, 4) is 0 Å². The zero-order chi connectivity index (χ0) is 26.1. The molecule has 1 atom stereocenters. The number of benzene rings is 2. The minimum atomic E-state index is -0.838. The number of aromatic nitrogens is 1. The first kappa shape index (κ1) is 25.3. The fourth-order valence-corrected chi connectivity index (χ4v) is 5.38. The summed E-state index contributed by atoms with van der Waals surface area (Å²) in [5.74, 6) is -0.577. The molecule has 3 aromatic rings. The number of non-ortho nitro benzene ring substituents is 1. The number of hydrogen-bond acceptors (Lipinski definition) is 8. The number of anilines is 1. The van der Waals surface area contributed by atoms with Crippen LogP contribution in [0.3, 0.4) is 0 Å². The van der Waals surface area contributed by atoms with Gasteiger partial charge in [0.1, 0.15) is 6.04 Å². The molecule has 9 nitrogen and oxygen atoms in total. The van der Waals surface area contributed by atoms with Gasteiger partial charge in [-0.3, -0.25) is 19.5 Å². The Morgan fingerprint density at radius 2 is 2.03 bits per heavy atom. The molecular formula is C25H23ClN4O5S. The van der Waals surface area contributed by atoms with Crippen molar-refractivity contribution in [1.29, 1.82) is 0 Å². The summed E-state index contributed by atoms with van der Waals surface area (Å²) in [4.78, 5) is 44.4. The minimum absolute atomic E-state index is 0.0889. The van der Waals surface area contributed by atoms with Crippen LogP contribution in [0.15, 0.2) is 63.5 Å². The van der Waals surface area contributed by atoms with Gasteiger partial charge in [-0.2, -0.15) is 0 Å². The van der Waals surface area contributed by atoms with Gasteiger partial charge in [-0.1, -0.05) is 41.1 Å². The minimum Gasteiger partial charge on any atom is -0.463 e. The van der Waals surface area contributed by atoms with Crippen molar-refractivity contribution >= 4 is 46.4 Å². The molecule has 0 spiro atoms. The number of nitrogens with zero attached hydrogens (tertiary/aromatic N) is 4. The van der Waals surface area contributed by atoms with Gasteiger partial charge in [0, 0.05) is 42.5 Å². The number of esters is 1. The summed E-state index contributed by atoms with van der Waals surface area (Å²) >= 11 is 7.65. The first-order valence-electron chi connectivity index (χ1n) is 11.0. The van der Waals surface area contributed by atoms with Gasteiger partial charge in [0.15, 0.2) is 4.80 Å². The van der Waals surface area contributed by atoms with Crippen LogP contribution in [0.25, 0.3) is 6.08 Å². The van der Waals surface area contributed by atoms with Gasteiger partial charge in [-0.15, -0.1) is 0 Å². The maximum Gasteiger partial charge on any atom is 0.338 e. The molecule has 0 unspecified atom stereocenters. The molecule has 4 rings (SSSR count). The lowest BCUT2D eigenvalue weighted by Crippen LogP contribution is -2.40. The summed E-state index contributed by atoms with van der Waals surface area (Å²) in [7, 11) is 3.62. The van der Waals surface area contributed by atoms with E-state index in [-0.39, 0.29) is 17.9 Å². The van der Waals surface area contributed by atoms with Crippen molar-refractivity contribution in [2.24, 2.45) is 4.99 Å². The lowest BCUT2D eigenvalue weighted by molar-refractivity contribution is -0.384. The van der Waals surface area contributed by atoms with Crippen LogP contribution >= 0.6 is 22.9 Å². The Labute approximate surface area is 215 Å². The van der Waals surface area contributed by atoms with Gasteiger partial charge in [-0.05, 0) is 37.6 Å². The highest BCUT2D eigenvalue weighted by Gasteiger charge is 2.34. The number of carbonyl (C=O) groups is 1. The third-order valence-electron chi connectivity index (χ3n) is 5.71. The molecule has 0 fully saturated rings. The number of rotatable bonds is 6. The molecule has 36 heavy (non-hydrogen) atoms. The van der Waals surface area contributed by atoms with E-state index in [0.29, 0.717) is 36.9 Å². The van der Waals surface area contributed by atoms with E-state index in [1.165, 1.54) is 16.7 Å². The number of fused-ring (bicyclic) bond motifs is 1.